The Hall–Kier alpha value is -0.870. The van der Waals surface area contributed by atoms with Crippen molar-refractivity contribution >= 4 is 21.8 Å². The molecule has 0 atom stereocenters. The van der Waals surface area contributed by atoms with E-state index < -0.39 is 0 Å². The second kappa shape index (κ2) is 5.78. The van der Waals surface area contributed by atoms with E-state index in [0.717, 1.165) is 17.3 Å². The Kier molecular flexibility index (Phi) is 4.62. The maximum Gasteiger partial charge on any atom is 0.233 e. The zero-order valence-electron chi connectivity index (χ0n) is 7.79. The van der Waals surface area contributed by atoms with E-state index in [2.05, 4.69) is 21.4 Å². The fourth-order valence-electron chi connectivity index (χ4n) is 1.18. The molecule has 0 aromatic heterocycles. The van der Waals surface area contributed by atoms with Crippen molar-refractivity contribution in [1.82, 2.24) is 5.43 Å². The summed E-state index contributed by atoms with van der Waals surface area (Å²) in [5, 5.41) is 0. The lowest BCUT2D eigenvalue weighted by Crippen LogP contribution is -2.29. The molecule has 0 heterocycles. The third kappa shape index (κ3) is 3.89. The number of nitrogens with one attached hydrogen (secondary N) is 1. The summed E-state index contributed by atoms with van der Waals surface area (Å²) < 4.78 is 1.07. The standard InChI is InChI=1S/C10H13BrN2O/c11-9-6-4-8(5-7-9)2-1-3-10(14)13-12/h4-7H,1-3,12H2,(H,13,14). The third-order valence-electron chi connectivity index (χ3n) is 1.94. The molecule has 1 aromatic rings. The molecule has 3 nitrogen and oxygen atoms in total. The summed E-state index contributed by atoms with van der Waals surface area (Å²) in [6, 6.07) is 8.09. The Bertz CT molecular complexity index is 297. The van der Waals surface area contributed by atoms with Crippen LogP contribution in [0.4, 0.5) is 0 Å². The number of amides is 1. The van der Waals surface area contributed by atoms with Crippen LogP contribution in [0, 0.1) is 0 Å². The van der Waals surface area contributed by atoms with Gasteiger partial charge in [0.15, 0.2) is 0 Å². The molecule has 0 radical (unpaired) electrons. The number of halogens is 1. The van der Waals surface area contributed by atoms with Crippen molar-refractivity contribution in [2.24, 2.45) is 5.84 Å². The average Bonchev–Trinajstić information content (AvgIpc) is 2.21. The van der Waals surface area contributed by atoms with Gasteiger partial charge in [-0.3, -0.25) is 10.2 Å². The van der Waals surface area contributed by atoms with Gasteiger partial charge in [-0.1, -0.05) is 28.1 Å². The van der Waals surface area contributed by atoms with Crippen molar-refractivity contribution < 1.29 is 4.79 Å². The van der Waals surface area contributed by atoms with E-state index in [9.17, 15) is 4.79 Å². The van der Waals surface area contributed by atoms with Crippen LogP contribution in [0.5, 0.6) is 0 Å². The average molecular weight is 257 g/mol. The van der Waals surface area contributed by atoms with Crippen LogP contribution in [0.3, 0.4) is 0 Å². The normalized spacial score (nSPS) is 9.86. The summed E-state index contributed by atoms with van der Waals surface area (Å²) in [7, 11) is 0. The smallest absolute Gasteiger partial charge is 0.233 e. The second-order valence-electron chi connectivity index (χ2n) is 3.05. The molecule has 4 heteroatoms. The van der Waals surface area contributed by atoms with Gasteiger partial charge < -0.3 is 0 Å². The SMILES string of the molecule is NNC(=O)CCCc1ccc(Br)cc1. The molecular weight excluding hydrogens is 244 g/mol. The highest BCUT2D eigenvalue weighted by Gasteiger charge is 1.98. The molecule has 0 saturated carbocycles. The molecule has 0 unspecified atom stereocenters. The minimum absolute atomic E-state index is 0.109. The summed E-state index contributed by atoms with van der Waals surface area (Å²) >= 11 is 3.37. The number of hydrogen-bond donors (Lipinski definition) is 2. The van der Waals surface area contributed by atoms with Crippen LogP contribution in [0.15, 0.2) is 28.7 Å². The minimum Gasteiger partial charge on any atom is -0.294 e. The second-order valence-corrected chi connectivity index (χ2v) is 3.96. The number of carbonyl (C=O) groups excluding carboxylic acids is 1. The van der Waals surface area contributed by atoms with Crippen LogP contribution in [0.25, 0.3) is 0 Å². The lowest BCUT2D eigenvalue weighted by Gasteiger charge is -2.01. The molecule has 1 rings (SSSR count). The molecule has 3 N–H and O–H groups in total. The largest absolute Gasteiger partial charge is 0.294 e. The Morgan fingerprint density at radius 3 is 2.57 bits per heavy atom. The first-order valence-electron chi connectivity index (χ1n) is 4.46. The zero-order chi connectivity index (χ0) is 10.4. The number of carbonyl (C=O) groups is 1. The predicted octanol–water partition coefficient (Wildman–Crippen LogP) is 1.76. The van der Waals surface area contributed by atoms with Crippen LogP contribution in [-0.2, 0) is 11.2 Å². The number of aryl methyl sites for hydroxylation is 1. The number of benzene rings is 1. The van der Waals surface area contributed by atoms with Gasteiger partial charge in [-0.15, -0.1) is 0 Å². The molecule has 0 aliphatic carbocycles. The van der Waals surface area contributed by atoms with Gasteiger partial charge in [0.2, 0.25) is 5.91 Å². The molecule has 1 aromatic carbocycles. The minimum atomic E-state index is -0.109. The molecule has 76 valence electrons. The fourth-order valence-corrected chi connectivity index (χ4v) is 1.44. The van der Waals surface area contributed by atoms with Crippen LogP contribution in [0.2, 0.25) is 0 Å². The maximum absolute atomic E-state index is 10.8. The summed E-state index contributed by atoms with van der Waals surface area (Å²) in [6.45, 7) is 0. The highest BCUT2D eigenvalue weighted by atomic mass is 79.9. The van der Waals surface area contributed by atoms with E-state index in [0.29, 0.717) is 6.42 Å². The first kappa shape index (κ1) is 11.2. The quantitative estimate of drug-likeness (QED) is 0.490. The van der Waals surface area contributed by atoms with Gasteiger partial charge in [-0.25, -0.2) is 5.84 Å². The van der Waals surface area contributed by atoms with E-state index in [1.807, 2.05) is 24.3 Å². The Labute approximate surface area is 91.8 Å². The van der Waals surface area contributed by atoms with Gasteiger partial charge in [-0.05, 0) is 30.5 Å². The van der Waals surface area contributed by atoms with Gasteiger partial charge in [0.25, 0.3) is 0 Å². The monoisotopic (exact) mass is 256 g/mol. The van der Waals surface area contributed by atoms with E-state index in [1.165, 1.54) is 5.56 Å². The van der Waals surface area contributed by atoms with Crippen LogP contribution in [-0.4, -0.2) is 5.91 Å². The molecule has 0 spiro atoms. The lowest BCUT2D eigenvalue weighted by molar-refractivity contribution is -0.121. The zero-order valence-corrected chi connectivity index (χ0v) is 9.38. The Balaban J connectivity index is 2.31. The summed E-state index contributed by atoms with van der Waals surface area (Å²) in [5.74, 6) is 4.86. The van der Waals surface area contributed by atoms with E-state index in [1.54, 1.807) is 0 Å². The molecular formula is C10H13BrN2O. The number of hydrazine groups is 1. The summed E-state index contributed by atoms with van der Waals surface area (Å²) in [6.07, 6.45) is 2.21. The molecule has 0 bridgehead atoms. The van der Waals surface area contributed by atoms with Crippen molar-refractivity contribution in [3.05, 3.63) is 34.3 Å². The Morgan fingerprint density at radius 2 is 2.00 bits per heavy atom. The van der Waals surface area contributed by atoms with Crippen LogP contribution >= 0.6 is 15.9 Å². The van der Waals surface area contributed by atoms with Gasteiger partial charge in [-0.2, -0.15) is 0 Å². The summed E-state index contributed by atoms with van der Waals surface area (Å²) in [4.78, 5) is 10.8. The highest BCUT2D eigenvalue weighted by molar-refractivity contribution is 9.10. The van der Waals surface area contributed by atoms with Crippen molar-refractivity contribution in [3.63, 3.8) is 0 Å². The highest BCUT2D eigenvalue weighted by Crippen LogP contribution is 2.12. The van der Waals surface area contributed by atoms with Crippen molar-refractivity contribution in [2.75, 3.05) is 0 Å². The number of nitrogens with two attached hydrogens (primary N) is 1. The van der Waals surface area contributed by atoms with Crippen molar-refractivity contribution in [1.29, 1.82) is 0 Å². The van der Waals surface area contributed by atoms with Gasteiger partial charge >= 0.3 is 0 Å². The predicted molar refractivity (Wildman–Crippen MR) is 59.4 cm³/mol. The molecule has 0 aliphatic heterocycles. The fraction of sp³-hybridized carbons (Fsp3) is 0.300. The van der Waals surface area contributed by atoms with E-state index >= 15 is 0 Å². The van der Waals surface area contributed by atoms with Gasteiger partial charge in [0, 0.05) is 10.9 Å². The molecule has 14 heavy (non-hydrogen) atoms. The van der Waals surface area contributed by atoms with E-state index in [-0.39, 0.29) is 5.91 Å². The molecule has 0 aliphatic rings. The lowest BCUT2D eigenvalue weighted by atomic mass is 10.1. The third-order valence-corrected chi connectivity index (χ3v) is 2.47. The van der Waals surface area contributed by atoms with Gasteiger partial charge in [0.05, 0.1) is 0 Å². The van der Waals surface area contributed by atoms with Crippen LogP contribution < -0.4 is 11.3 Å². The maximum atomic E-state index is 10.8. The number of rotatable bonds is 4. The van der Waals surface area contributed by atoms with Crippen molar-refractivity contribution in [3.8, 4) is 0 Å². The Morgan fingerprint density at radius 1 is 1.36 bits per heavy atom. The first-order chi connectivity index (χ1) is 6.72. The first-order valence-corrected chi connectivity index (χ1v) is 5.25. The topological polar surface area (TPSA) is 55.1 Å². The van der Waals surface area contributed by atoms with E-state index in [4.69, 9.17) is 5.84 Å². The molecule has 0 saturated heterocycles. The summed E-state index contributed by atoms with van der Waals surface area (Å²) in [5.41, 5.74) is 3.35. The van der Waals surface area contributed by atoms with Gasteiger partial charge in [0.1, 0.15) is 0 Å². The number of hydrogen-bond acceptors (Lipinski definition) is 2. The molecule has 1 amide bonds. The van der Waals surface area contributed by atoms with Crippen molar-refractivity contribution in [2.45, 2.75) is 19.3 Å². The molecule has 0 fully saturated rings. The van der Waals surface area contributed by atoms with Crippen LogP contribution in [0.1, 0.15) is 18.4 Å².